The summed E-state index contributed by atoms with van der Waals surface area (Å²) in [6.45, 7) is 6.36. The summed E-state index contributed by atoms with van der Waals surface area (Å²) in [6.07, 6.45) is 0. The number of rotatable bonds is 2. The van der Waals surface area contributed by atoms with Crippen LogP contribution in [0.1, 0.15) is 18.1 Å². The van der Waals surface area contributed by atoms with Crippen LogP contribution in [0, 0.1) is 13.8 Å². The molecular formula is C12H17NO3S. The van der Waals surface area contributed by atoms with E-state index in [1.165, 1.54) is 4.31 Å². The maximum absolute atomic E-state index is 12.0. The minimum Gasteiger partial charge on any atom is -0.489 e. The van der Waals surface area contributed by atoms with Crippen LogP contribution in [0.4, 0.5) is 5.69 Å². The Bertz CT molecular complexity index is 537. The molecule has 1 aromatic rings. The highest BCUT2D eigenvalue weighted by atomic mass is 32.2. The van der Waals surface area contributed by atoms with Crippen LogP contribution >= 0.6 is 0 Å². The van der Waals surface area contributed by atoms with E-state index in [2.05, 4.69) is 0 Å². The Morgan fingerprint density at radius 3 is 2.71 bits per heavy atom. The van der Waals surface area contributed by atoms with Gasteiger partial charge in [0.05, 0.1) is 18.0 Å². The van der Waals surface area contributed by atoms with Gasteiger partial charge < -0.3 is 4.74 Å². The monoisotopic (exact) mass is 255 g/mol. The third-order valence-electron chi connectivity index (χ3n) is 2.91. The summed E-state index contributed by atoms with van der Waals surface area (Å²) in [5, 5.41) is 0. The summed E-state index contributed by atoms with van der Waals surface area (Å²) < 4.78 is 31.1. The lowest BCUT2D eigenvalue weighted by molar-refractivity contribution is 0.315. The molecule has 0 saturated heterocycles. The Morgan fingerprint density at radius 2 is 2.06 bits per heavy atom. The first-order chi connectivity index (χ1) is 7.95. The first kappa shape index (κ1) is 12.2. The van der Waals surface area contributed by atoms with E-state index in [1.54, 1.807) is 6.92 Å². The molecule has 0 N–H and O–H groups in total. The molecule has 0 atom stereocenters. The molecule has 0 saturated carbocycles. The van der Waals surface area contributed by atoms with Gasteiger partial charge in [0.1, 0.15) is 12.4 Å². The van der Waals surface area contributed by atoms with Crippen LogP contribution in [-0.2, 0) is 10.0 Å². The average Bonchev–Trinajstić information content (AvgIpc) is 2.27. The number of aryl methyl sites for hydroxylation is 2. The smallest absolute Gasteiger partial charge is 0.235 e. The average molecular weight is 255 g/mol. The van der Waals surface area contributed by atoms with Gasteiger partial charge in [-0.3, -0.25) is 4.31 Å². The third-order valence-corrected chi connectivity index (χ3v) is 4.68. The van der Waals surface area contributed by atoms with Crippen LogP contribution in [0.25, 0.3) is 0 Å². The van der Waals surface area contributed by atoms with E-state index in [9.17, 15) is 8.42 Å². The summed E-state index contributed by atoms with van der Waals surface area (Å²) in [6, 6.07) is 3.87. The van der Waals surface area contributed by atoms with Gasteiger partial charge in [0.25, 0.3) is 0 Å². The molecule has 1 aliphatic heterocycles. The highest BCUT2D eigenvalue weighted by Crippen LogP contribution is 2.37. The van der Waals surface area contributed by atoms with Crippen LogP contribution in [0.2, 0.25) is 0 Å². The van der Waals surface area contributed by atoms with Gasteiger partial charge in [-0.25, -0.2) is 8.42 Å². The van der Waals surface area contributed by atoms with Crippen molar-refractivity contribution < 1.29 is 13.2 Å². The molecule has 0 aromatic heterocycles. The Morgan fingerprint density at radius 1 is 1.35 bits per heavy atom. The fourth-order valence-electron chi connectivity index (χ4n) is 2.13. The minimum atomic E-state index is -3.22. The van der Waals surface area contributed by atoms with Crippen LogP contribution in [0.3, 0.4) is 0 Å². The molecule has 5 heteroatoms. The molecule has 1 aliphatic rings. The number of nitrogens with zero attached hydrogens (tertiary/aromatic N) is 1. The summed E-state index contributed by atoms with van der Waals surface area (Å²) in [5.41, 5.74) is 2.72. The molecule has 94 valence electrons. The Hall–Kier alpha value is -1.23. The molecule has 0 spiro atoms. The van der Waals surface area contributed by atoms with E-state index in [0.29, 0.717) is 24.6 Å². The molecule has 0 amide bonds. The molecule has 17 heavy (non-hydrogen) atoms. The predicted molar refractivity (Wildman–Crippen MR) is 68.2 cm³/mol. The normalized spacial score (nSPS) is 15.4. The number of hydrogen-bond donors (Lipinski definition) is 0. The van der Waals surface area contributed by atoms with Crippen molar-refractivity contribution in [1.29, 1.82) is 0 Å². The van der Waals surface area contributed by atoms with Gasteiger partial charge in [0.15, 0.2) is 0 Å². The van der Waals surface area contributed by atoms with Gasteiger partial charge in [-0.05, 0) is 38.0 Å². The van der Waals surface area contributed by atoms with E-state index < -0.39 is 10.0 Å². The van der Waals surface area contributed by atoms with Gasteiger partial charge in [0.2, 0.25) is 10.0 Å². The Labute approximate surface area is 102 Å². The second-order valence-corrected chi connectivity index (χ2v) is 6.43. The lowest BCUT2D eigenvalue weighted by atomic mass is 10.1. The van der Waals surface area contributed by atoms with Crippen molar-refractivity contribution in [3.05, 3.63) is 23.3 Å². The zero-order chi connectivity index (χ0) is 12.6. The maximum atomic E-state index is 12.0. The number of anilines is 1. The van der Waals surface area contributed by atoms with Gasteiger partial charge in [-0.15, -0.1) is 0 Å². The Balaban J connectivity index is 2.59. The number of fused-ring (bicyclic) bond motifs is 1. The van der Waals surface area contributed by atoms with E-state index in [1.807, 2.05) is 26.0 Å². The molecule has 4 nitrogen and oxygen atoms in total. The van der Waals surface area contributed by atoms with Gasteiger partial charge in [0, 0.05) is 0 Å². The van der Waals surface area contributed by atoms with Gasteiger partial charge in [-0.1, -0.05) is 6.07 Å². The number of hydrogen-bond acceptors (Lipinski definition) is 3. The van der Waals surface area contributed by atoms with Crippen molar-refractivity contribution in [2.75, 3.05) is 23.2 Å². The Kier molecular flexibility index (Phi) is 3.03. The molecular weight excluding hydrogens is 238 g/mol. The zero-order valence-electron chi connectivity index (χ0n) is 10.4. The summed E-state index contributed by atoms with van der Waals surface area (Å²) in [7, 11) is -3.22. The molecule has 0 unspecified atom stereocenters. The standard InChI is InChI=1S/C12H17NO3S/c1-4-17(14,15)13-5-6-16-11-8-9(2)7-10(3)12(11)13/h7-8H,4-6H2,1-3H3. The molecule has 0 fully saturated rings. The van der Waals surface area contributed by atoms with Crippen molar-refractivity contribution in [1.82, 2.24) is 0 Å². The van der Waals surface area contributed by atoms with Crippen molar-refractivity contribution in [3.8, 4) is 5.75 Å². The molecule has 0 bridgehead atoms. The number of ether oxygens (including phenoxy) is 1. The molecule has 2 rings (SSSR count). The van der Waals surface area contributed by atoms with Gasteiger partial charge in [-0.2, -0.15) is 0 Å². The summed E-state index contributed by atoms with van der Waals surface area (Å²) >= 11 is 0. The van der Waals surface area contributed by atoms with Crippen LogP contribution in [0.15, 0.2) is 12.1 Å². The van der Waals surface area contributed by atoms with Crippen LogP contribution < -0.4 is 9.04 Å². The first-order valence-corrected chi connectivity index (χ1v) is 7.31. The van der Waals surface area contributed by atoms with Crippen molar-refractivity contribution in [3.63, 3.8) is 0 Å². The second-order valence-electron chi connectivity index (χ2n) is 4.25. The summed E-state index contributed by atoms with van der Waals surface area (Å²) in [5.74, 6) is 0.783. The van der Waals surface area contributed by atoms with Crippen LogP contribution in [-0.4, -0.2) is 27.3 Å². The first-order valence-electron chi connectivity index (χ1n) is 5.70. The fourth-order valence-corrected chi connectivity index (χ4v) is 3.31. The fraction of sp³-hybridized carbons (Fsp3) is 0.500. The van der Waals surface area contributed by atoms with Crippen molar-refractivity contribution >= 4 is 15.7 Å². The minimum absolute atomic E-state index is 0.111. The quantitative estimate of drug-likeness (QED) is 0.810. The van der Waals surface area contributed by atoms with Crippen LogP contribution in [0.5, 0.6) is 5.75 Å². The predicted octanol–water partition coefficient (Wildman–Crippen LogP) is 1.85. The SMILES string of the molecule is CCS(=O)(=O)N1CCOc2cc(C)cc(C)c21. The molecule has 0 aliphatic carbocycles. The second kappa shape index (κ2) is 4.22. The zero-order valence-corrected chi connectivity index (χ0v) is 11.2. The van der Waals surface area contributed by atoms with Crippen molar-refractivity contribution in [2.45, 2.75) is 20.8 Å². The summed E-state index contributed by atoms with van der Waals surface area (Å²) in [4.78, 5) is 0. The lowest BCUT2D eigenvalue weighted by Gasteiger charge is -2.31. The van der Waals surface area contributed by atoms with E-state index >= 15 is 0 Å². The molecule has 0 radical (unpaired) electrons. The van der Waals surface area contributed by atoms with Crippen molar-refractivity contribution in [2.24, 2.45) is 0 Å². The number of benzene rings is 1. The lowest BCUT2D eigenvalue weighted by Crippen LogP contribution is -2.39. The van der Waals surface area contributed by atoms with Gasteiger partial charge >= 0.3 is 0 Å². The van der Waals surface area contributed by atoms with E-state index in [4.69, 9.17) is 4.74 Å². The highest BCUT2D eigenvalue weighted by molar-refractivity contribution is 7.92. The van der Waals surface area contributed by atoms with E-state index in [-0.39, 0.29) is 5.75 Å². The topological polar surface area (TPSA) is 46.6 Å². The largest absolute Gasteiger partial charge is 0.489 e. The number of sulfonamides is 1. The maximum Gasteiger partial charge on any atom is 0.235 e. The molecule has 1 heterocycles. The molecule has 1 aromatic carbocycles. The third kappa shape index (κ3) is 2.11. The highest BCUT2D eigenvalue weighted by Gasteiger charge is 2.28. The van der Waals surface area contributed by atoms with E-state index in [0.717, 1.165) is 11.1 Å².